The Bertz CT molecular complexity index is 914. The molecule has 0 aliphatic heterocycles. The van der Waals surface area contributed by atoms with Crippen molar-refractivity contribution in [2.24, 2.45) is 4.99 Å². The maximum absolute atomic E-state index is 13.3. The van der Waals surface area contributed by atoms with Gasteiger partial charge in [-0.15, -0.1) is 24.0 Å². The van der Waals surface area contributed by atoms with E-state index in [1.807, 2.05) is 37.3 Å². The van der Waals surface area contributed by atoms with Crippen molar-refractivity contribution in [1.29, 1.82) is 0 Å². The summed E-state index contributed by atoms with van der Waals surface area (Å²) in [6.07, 6.45) is 0.514. The molecule has 2 rings (SSSR count). The van der Waals surface area contributed by atoms with Crippen LogP contribution in [0.1, 0.15) is 18.9 Å². The molecule has 0 aliphatic rings. The minimum absolute atomic E-state index is 0. The standard InChI is InChI=1S/C21H29FN4O3S.HI/c1-3-19(29-20-11-7-10-18(22)14-20)16-25-21(23-2)24-12-13-30(27,28)26-15-17-8-5-4-6-9-17;/h4-11,14,19,26H,3,12-13,15-16H2,1-2H3,(H2,23,24,25);1H. The molecule has 2 aromatic rings. The van der Waals surface area contributed by atoms with Crippen LogP contribution in [-0.4, -0.2) is 46.4 Å². The average Bonchev–Trinajstić information content (AvgIpc) is 2.74. The van der Waals surface area contributed by atoms with Gasteiger partial charge in [-0.3, -0.25) is 4.99 Å². The maximum Gasteiger partial charge on any atom is 0.213 e. The zero-order valence-corrected chi connectivity index (χ0v) is 20.8. The van der Waals surface area contributed by atoms with E-state index >= 15 is 0 Å². The van der Waals surface area contributed by atoms with E-state index in [-0.39, 0.29) is 54.7 Å². The van der Waals surface area contributed by atoms with Crippen LogP contribution in [0.15, 0.2) is 59.6 Å². The zero-order chi connectivity index (χ0) is 21.8. The summed E-state index contributed by atoms with van der Waals surface area (Å²) in [6.45, 7) is 2.86. The van der Waals surface area contributed by atoms with Crippen molar-refractivity contribution in [2.75, 3.05) is 25.9 Å². The molecule has 0 aliphatic carbocycles. The van der Waals surface area contributed by atoms with Gasteiger partial charge in [-0.1, -0.05) is 43.3 Å². The number of nitrogens with zero attached hydrogens (tertiary/aromatic N) is 1. The van der Waals surface area contributed by atoms with Crippen LogP contribution in [0.4, 0.5) is 4.39 Å². The van der Waals surface area contributed by atoms with E-state index in [1.54, 1.807) is 19.2 Å². The van der Waals surface area contributed by atoms with Crippen LogP contribution in [0.5, 0.6) is 5.75 Å². The summed E-state index contributed by atoms with van der Waals surface area (Å²) < 4.78 is 46.0. The monoisotopic (exact) mass is 564 g/mol. The lowest BCUT2D eigenvalue weighted by molar-refractivity contribution is 0.199. The summed E-state index contributed by atoms with van der Waals surface area (Å²) in [7, 11) is -1.82. The molecule has 0 saturated heterocycles. The van der Waals surface area contributed by atoms with E-state index in [4.69, 9.17) is 4.74 Å². The third kappa shape index (κ3) is 10.8. The van der Waals surface area contributed by atoms with E-state index < -0.39 is 10.0 Å². The minimum atomic E-state index is -3.42. The van der Waals surface area contributed by atoms with Crippen molar-refractivity contribution >= 4 is 40.0 Å². The first-order valence-electron chi connectivity index (χ1n) is 9.80. The van der Waals surface area contributed by atoms with Crippen molar-refractivity contribution in [2.45, 2.75) is 26.0 Å². The number of benzene rings is 2. The molecule has 1 unspecified atom stereocenters. The third-order valence-electron chi connectivity index (χ3n) is 4.28. The molecule has 0 amide bonds. The van der Waals surface area contributed by atoms with Crippen molar-refractivity contribution in [1.82, 2.24) is 15.4 Å². The van der Waals surface area contributed by atoms with Gasteiger partial charge in [0.25, 0.3) is 0 Å². The highest BCUT2D eigenvalue weighted by atomic mass is 127. The predicted octanol–water partition coefficient (Wildman–Crippen LogP) is 2.89. The second-order valence-electron chi connectivity index (χ2n) is 6.61. The number of nitrogens with one attached hydrogen (secondary N) is 3. The quantitative estimate of drug-likeness (QED) is 0.222. The molecule has 0 heterocycles. The number of rotatable bonds is 11. The molecule has 0 fully saturated rings. The third-order valence-corrected chi connectivity index (χ3v) is 5.60. The first-order valence-corrected chi connectivity index (χ1v) is 11.4. The fourth-order valence-corrected chi connectivity index (χ4v) is 3.50. The molecule has 1 atom stereocenters. The number of guanidine groups is 1. The van der Waals surface area contributed by atoms with E-state index in [2.05, 4.69) is 20.3 Å². The van der Waals surface area contributed by atoms with E-state index in [9.17, 15) is 12.8 Å². The average molecular weight is 564 g/mol. The van der Waals surface area contributed by atoms with Gasteiger partial charge in [-0.05, 0) is 24.1 Å². The van der Waals surface area contributed by atoms with Crippen LogP contribution in [-0.2, 0) is 16.6 Å². The van der Waals surface area contributed by atoms with E-state index in [0.717, 1.165) is 5.56 Å². The molecule has 7 nitrogen and oxygen atoms in total. The lowest BCUT2D eigenvalue weighted by Gasteiger charge is -2.20. The zero-order valence-electron chi connectivity index (χ0n) is 17.7. The Morgan fingerprint density at radius 3 is 2.52 bits per heavy atom. The summed E-state index contributed by atoms with van der Waals surface area (Å²) in [4.78, 5) is 4.09. The fraction of sp³-hybridized carbons (Fsp3) is 0.381. The van der Waals surface area contributed by atoms with Crippen LogP contribution in [0.2, 0.25) is 0 Å². The van der Waals surface area contributed by atoms with Gasteiger partial charge in [0.2, 0.25) is 10.0 Å². The number of aliphatic imine (C=N–C) groups is 1. The van der Waals surface area contributed by atoms with Gasteiger partial charge >= 0.3 is 0 Å². The molecular weight excluding hydrogens is 534 g/mol. The van der Waals surface area contributed by atoms with Crippen LogP contribution in [0.25, 0.3) is 0 Å². The number of sulfonamides is 1. The Kier molecular flexibility index (Phi) is 12.4. The molecule has 0 radical (unpaired) electrons. The van der Waals surface area contributed by atoms with Gasteiger partial charge in [0.05, 0.1) is 12.3 Å². The molecule has 0 aromatic heterocycles. The Hall–Kier alpha value is -1.92. The van der Waals surface area contributed by atoms with Gasteiger partial charge in [-0.25, -0.2) is 17.5 Å². The molecular formula is C21H30FIN4O3S. The van der Waals surface area contributed by atoms with Crippen molar-refractivity contribution in [3.05, 3.63) is 66.0 Å². The van der Waals surface area contributed by atoms with Crippen molar-refractivity contribution in [3.8, 4) is 5.75 Å². The predicted molar refractivity (Wildman–Crippen MR) is 133 cm³/mol. The number of halogens is 2. The van der Waals surface area contributed by atoms with E-state index in [1.165, 1.54) is 12.1 Å². The highest BCUT2D eigenvalue weighted by Gasteiger charge is 2.12. The van der Waals surface area contributed by atoms with Gasteiger partial charge in [-0.2, -0.15) is 0 Å². The number of ether oxygens (including phenoxy) is 1. The molecule has 31 heavy (non-hydrogen) atoms. The highest BCUT2D eigenvalue weighted by molar-refractivity contribution is 14.0. The van der Waals surface area contributed by atoms with Gasteiger partial charge in [0.15, 0.2) is 5.96 Å². The van der Waals surface area contributed by atoms with Crippen LogP contribution >= 0.6 is 24.0 Å². The van der Waals surface area contributed by atoms with Crippen LogP contribution in [0, 0.1) is 5.82 Å². The normalized spacial score (nSPS) is 12.5. The van der Waals surface area contributed by atoms with Crippen molar-refractivity contribution in [3.63, 3.8) is 0 Å². The van der Waals surface area contributed by atoms with Crippen LogP contribution in [0.3, 0.4) is 0 Å². The van der Waals surface area contributed by atoms with Crippen LogP contribution < -0.4 is 20.1 Å². The maximum atomic E-state index is 13.3. The lowest BCUT2D eigenvalue weighted by atomic mass is 10.2. The second kappa shape index (κ2) is 14.2. The molecule has 0 spiro atoms. The lowest BCUT2D eigenvalue weighted by Crippen LogP contribution is -2.44. The second-order valence-corrected chi connectivity index (χ2v) is 8.54. The SMILES string of the molecule is CCC(CNC(=NC)NCCS(=O)(=O)NCc1ccccc1)Oc1cccc(F)c1.I. The largest absolute Gasteiger partial charge is 0.489 e. The first-order chi connectivity index (χ1) is 14.4. The van der Waals surface area contributed by atoms with Gasteiger partial charge in [0.1, 0.15) is 17.7 Å². The number of hydrogen-bond donors (Lipinski definition) is 3. The summed E-state index contributed by atoms with van der Waals surface area (Å²) >= 11 is 0. The number of hydrogen-bond acceptors (Lipinski definition) is 4. The Morgan fingerprint density at radius 2 is 1.87 bits per heavy atom. The molecule has 3 N–H and O–H groups in total. The summed E-state index contributed by atoms with van der Waals surface area (Å²) in [5.41, 5.74) is 0.899. The smallest absolute Gasteiger partial charge is 0.213 e. The molecule has 2 aromatic carbocycles. The van der Waals surface area contributed by atoms with Gasteiger partial charge < -0.3 is 15.4 Å². The molecule has 172 valence electrons. The Balaban J connectivity index is 0.00000480. The Labute approximate surface area is 201 Å². The minimum Gasteiger partial charge on any atom is -0.489 e. The topological polar surface area (TPSA) is 91.8 Å². The summed E-state index contributed by atoms with van der Waals surface area (Å²) in [5.74, 6) is 0.490. The Morgan fingerprint density at radius 1 is 1.13 bits per heavy atom. The summed E-state index contributed by atoms with van der Waals surface area (Å²) in [6, 6.07) is 15.3. The van der Waals surface area contributed by atoms with E-state index in [0.29, 0.717) is 24.7 Å². The molecule has 0 bridgehead atoms. The van der Waals surface area contributed by atoms with Crippen molar-refractivity contribution < 1.29 is 17.5 Å². The molecule has 0 saturated carbocycles. The fourth-order valence-electron chi connectivity index (χ4n) is 2.60. The summed E-state index contributed by atoms with van der Waals surface area (Å²) in [5, 5.41) is 6.08. The van der Waals surface area contributed by atoms with Gasteiger partial charge in [0, 0.05) is 26.2 Å². The first kappa shape index (κ1) is 27.1. The highest BCUT2D eigenvalue weighted by Crippen LogP contribution is 2.14. The molecule has 10 heteroatoms.